The lowest BCUT2D eigenvalue weighted by Gasteiger charge is -2.22. The molecule has 0 heterocycles. The second-order valence-electron chi connectivity index (χ2n) is 4.92. The van der Waals surface area contributed by atoms with Gasteiger partial charge in [0.25, 0.3) is 0 Å². The standard InChI is InChI=1S/C14H19FN4O/c15-13-11(4-5-12(17)14(13)19-20)10(6-16)8-18-7-9-2-1-3-9/h4-6,8-9,19-20H,1-3,7,16-17H2. The first-order chi connectivity index (χ1) is 9.67. The van der Waals surface area contributed by atoms with Gasteiger partial charge in [0.2, 0.25) is 0 Å². The van der Waals surface area contributed by atoms with Gasteiger partial charge in [0.15, 0.2) is 5.82 Å². The minimum Gasteiger partial charge on any atom is -0.404 e. The average molecular weight is 278 g/mol. The van der Waals surface area contributed by atoms with Gasteiger partial charge in [-0.1, -0.05) is 6.42 Å². The van der Waals surface area contributed by atoms with Crippen molar-refractivity contribution in [3.8, 4) is 0 Å². The molecule has 0 aliphatic heterocycles. The summed E-state index contributed by atoms with van der Waals surface area (Å²) in [5, 5.41) is 8.91. The molecule has 5 nitrogen and oxygen atoms in total. The molecule has 6 N–H and O–H groups in total. The molecule has 1 fully saturated rings. The molecule has 2 rings (SSSR count). The summed E-state index contributed by atoms with van der Waals surface area (Å²) in [7, 11) is 0. The summed E-state index contributed by atoms with van der Waals surface area (Å²) in [5.41, 5.74) is 13.5. The molecule has 1 aromatic rings. The lowest BCUT2D eigenvalue weighted by Crippen LogP contribution is -2.14. The fourth-order valence-electron chi connectivity index (χ4n) is 2.11. The highest BCUT2D eigenvalue weighted by Gasteiger charge is 2.17. The van der Waals surface area contributed by atoms with Crippen LogP contribution >= 0.6 is 0 Å². The Morgan fingerprint density at radius 3 is 2.80 bits per heavy atom. The third-order valence-electron chi connectivity index (χ3n) is 3.60. The van der Waals surface area contributed by atoms with E-state index in [-0.39, 0.29) is 16.9 Å². The van der Waals surface area contributed by atoms with Crippen molar-refractivity contribution in [2.45, 2.75) is 19.3 Å². The van der Waals surface area contributed by atoms with Gasteiger partial charge in [0.05, 0.1) is 5.69 Å². The summed E-state index contributed by atoms with van der Waals surface area (Å²) in [4.78, 5) is 4.31. The van der Waals surface area contributed by atoms with Gasteiger partial charge >= 0.3 is 0 Å². The van der Waals surface area contributed by atoms with Crippen LogP contribution in [0.2, 0.25) is 0 Å². The Balaban J connectivity index is 2.19. The fourth-order valence-corrected chi connectivity index (χ4v) is 2.11. The van der Waals surface area contributed by atoms with E-state index in [1.165, 1.54) is 37.6 Å². The first-order valence-electron chi connectivity index (χ1n) is 6.57. The summed E-state index contributed by atoms with van der Waals surface area (Å²) in [5.74, 6) is -0.0181. The second-order valence-corrected chi connectivity index (χ2v) is 4.92. The summed E-state index contributed by atoms with van der Waals surface area (Å²) in [6, 6.07) is 3.01. The first kappa shape index (κ1) is 14.3. The molecular weight excluding hydrogens is 259 g/mol. The summed E-state index contributed by atoms with van der Waals surface area (Å²) < 4.78 is 14.2. The molecule has 1 aromatic carbocycles. The molecule has 0 bridgehead atoms. The molecule has 1 aliphatic carbocycles. The first-order valence-corrected chi connectivity index (χ1v) is 6.57. The average Bonchev–Trinajstić information content (AvgIpc) is 2.39. The van der Waals surface area contributed by atoms with E-state index in [9.17, 15) is 4.39 Å². The molecule has 0 radical (unpaired) electrons. The number of hydrogen-bond acceptors (Lipinski definition) is 5. The predicted molar refractivity (Wildman–Crippen MR) is 79.1 cm³/mol. The van der Waals surface area contributed by atoms with Gasteiger partial charge in [0.1, 0.15) is 5.69 Å². The number of nitrogens with zero attached hydrogens (tertiary/aromatic N) is 1. The maximum absolute atomic E-state index is 14.2. The van der Waals surface area contributed by atoms with Crippen LogP contribution in [0.1, 0.15) is 24.8 Å². The topological polar surface area (TPSA) is 96.7 Å². The zero-order chi connectivity index (χ0) is 14.5. The van der Waals surface area contributed by atoms with Crippen molar-refractivity contribution < 1.29 is 9.60 Å². The van der Waals surface area contributed by atoms with Crippen molar-refractivity contribution in [2.75, 3.05) is 17.8 Å². The minimum absolute atomic E-state index is 0.122. The SMILES string of the molecule is NC=C(C=NCC1CCC1)c1ccc(N)c(NO)c1F. The highest BCUT2D eigenvalue weighted by molar-refractivity contribution is 6.10. The number of allylic oxidation sites excluding steroid dienone is 1. The molecule has 0 aromatic heterocycles. The maximum Gasteiger partial charge on any atom is 0.158 e. The quantitative estimate of drug-likeness (QED) is 0.377. The van der Waals surface area contributed by atoms with Crippen LogP contribution in [0.4, 0.5) is 15.8 Å². The monoisotopic (exact) mass is 278 g/mol. The van der Waals surface area contributed by atoms with E-state index in [0.29, 0.717) is 11.5 Å². The van der Waals surface area contributed by atoms with Crippen LogP contribution in [0.5, 0.6) is 0 Å². The van der Waals surface area contributed by atoms with Gasteiger partial charge in [-0.05, 0) is 30.9 Å². The van der Waals surface area contributed by atoms with E-state index in [0.717, 1.165) is 6.54 Å². The Hall–Kier alpha value is -2.08. The highest BCUT2D eigenvalue weighted by atomic mass is 19.1. The van der Waals surface area contributed by atoms with E-state index in [2.05, 4.69) is 4.99 Å². The van der Waals surface area contributed by atoms with Gasteiger partial charge in [0, 0.05) is 30.1 Å². The van der Waals surface area contributed by atoms with Crippen molar-refractivity contribution in [1.29, 1.82) is 0 Å². The van der Waals surface area contributed by atoms with E-state index in [1.807, 2.05) is 0 Å². The number of hydrogen-bond donors (Lipinski definition) is 4. The van der Waals surface area contributed by atoms with Crippen LogP contribution in [0.15, 0.2) is 23.3 Å². The Bertz CT molecular complexity index is 538. The molecule has 20 heavy (non-hydrogen) atoms. The van der Waals surface area contributed by atoms with Crippen molar-refractivity contribution in [2.24, 2.45) is 16.6 Å². The minimum atomic E-state index is -0.653. The predicted octanol–water partition coefficient (Wildman–Crippen LogP) is 2.38. The molecule has 1 aliphatic rings. The van der Waals surface area contributed by atoms with Crippen molar-refractivity contribution in [1.82, 2.24) is 0 Å². The van der Waals surface area contributed by atoms with Crippen LogP contribution in [0, 0.1) is 11.7 Å². The molecule has 0 spiro atoms. The zero-order valence-corrected chi connectivity index (χ0v) is 11.1. The number of nitrogens with two attached hydrogens (primary N) is 2. The molecule has 6 heteroatoms. The van der Waals surface area contributed by atoms with E-state index < -0.39 is 5.82 Å². The van der Waals surface area contributed by atoms with Crippen molar-refractivity contribution in [3.63, 3.8) is 0 Å². The number of nitrogens with one attached hydrogen (secondary N) is 1. The molecule has 108 valence electrons. The van der Waals surface area contributed by atoms with E-state index in [4.69, 9.17) is 16.7 Å². The Morgan fingerprint density at radius 2 is 2.25 bits per heavy atom. The zero-order valence-electron chi connectivity index (χ0n) is 11.1. The third-order valence-corrected chi connectivity index (χ3v) is 3.60. The highest BCUT2D eigenvalue weighted by Crippen LogP contribution is 2.29. The van der Waals surface area contributed by atoms with Crippen LogP contribution in [-0.2, 0) is 0 Å². The number of aliphatic imine (C=N–C) groups is 1. The molecule has 0 amide bonds. The summed E-state index contributed by atoms with van der Waals surface area (Å²) in [6.07, 6.45) is 6.52. The number of rotatable bonds is 5. The molecule has 1 saturated carbocycles. The Kier molecular flexibility index (Phi) is 4.57. The second kappa shape index (κ2) is 6.38. The fraction of sp³-hybridized carbons (Fsp3) is 0.357. The lowest BCUT2D eigenvalue weighted by molar-refractivity contribution is 0.326. The van der Waals surface area contributed by atoms with Crippen molar-refractivity contribution >= 4 is 23.2 Å². The summed E-state index contributed by atoms with van der Waals surface area (Å²) >= 11 is 0. The van der Waals surface area contributed by atoms with Gasteiger partial charge in [-0.25, -0.2) is 4.39 Å². The molecule has 0 saturated heterocycles. The smallest absolute Gasteiger partial charge is 0.158 e. The number of nitrogen functional groups attached to an aromatic ring is 1. The van der Waals surface area contributed by atoms with Gasteiger partial charge in [-0.2, -0.15) is 0 Å². The van der Waals surface area contributed by atoms with Gasteiger partial charge in [-0.15, -0.1) is 0 Å². The van der Waals surface area contributed by atoms with E-state index in [1.54, 1.807) is 11.7 Å². The number of benzene rings is 1. The lowest BCUT2D eigenvalue weighted by atomic mass is 9.86. The third kappa shape index (κ3) is 2.91. The van der Waals surface area contributed by atoms with Gasteiger partial charge < -0.3 is 11.5 Å². The molecular formula is C14H19FN4O. The Labute approximate surface area is 117 Å². The van der Waals surface area contributed by atoms with Crippen LogP contribution < -0.4 is 16.9 Å². The summed E-state index contributed by atoms with van der Waals surface area (Å²) in [6.45, 7) is 0.735. The number of halogens is 1. The molecule has 0 unspecified atom stereocenters. The largest absolute Gasteiger partial charge is 0.404 e. The normalized spacial score (nSPS) is 16.4. The number of anilines is 2. The Morgan fingerprint density at radius 1 is 1.50 bits per heavy atom. The van der Waals surface area contributed by atoms with Gasteiger partial charge in [-0.3, -0.25) is 15.7 Å². The van der Waals surface area contributed by atoms with Crippen LogP contribution in [0.25, 0.3) is 5.57 Å². The maximum atomic E-state index is 14.2. The van der Waals surface area contributed by atoms with Crippen molar-refractivity contribution in [3.05, 3.63) is 29.7 Å². The van der Waals surface area contributed by atoms with E-state index >= 15 is 0 Å². The van der Waals surface area contributed by atoms with Crippen LogP contribution in [0.3, 0.4) is 0 Å². The van der Waals surface area contributed by atoms with Crippen LogP contribution in [-0.4, -0.2) is 18.0 Å². The molecule has 0 atom stereocenters.